The Bertz CT molecular complexity index is 499. The third-order valence-corrected chi connectivity index (χ3v) is 2.95. The van der Waals surface area contributed by atoms with E-state index in [0.29, 0.717) is 12.5 Å². The topological polar surface area (TPSA) is 56.7 Å². The van der Waals surface area contributed by atoms with Gasteiger partial charge in [0.1, 0.15) is 0 Å². The summed E-state index contributed by atoms with van der Waals surface area (Å²) in [5.74, 6) is 0.685. The lowest BCUT2D eigenvalue weighted by molar-refractivity contribution is 0.820. The second-order valence-corrected chi connectivity index (χ2v) is 4.17. The summed E-state index contributed by atoms with van der Waals surface area (Å²) in [5, 5.41) is 4.58. The van der Waals surface area contributed by atoms with Crippen LogP contribution in [0.3, 0.4) is 0 Å². The SMILES string of the molecule is NCc1cnccc1-n1ccc(C2CC2)n1. The number of hydrogen-bond acceptors (Lipinski definition) is 3. The van der Waals surface area contributed by atoms with Gasteiger partial charge < -0.3 is 5.73 Å². The van der Waals surface area contributed by atoms with Crippen LogP contribution in [0.5, 0.6) is 0 Å². The van der Waals surface area contributed by atoms with Gasteiger partial charge in [-0.2, -0.15) is 5.10 Å². The summed E-state index contributed by atoms with van der Waals surface area (Å²) in [7, 11) is 0. The van der Waals surface area contributed by atoms with E-state index in [1.54, 1.807) is 12.4 Å². The molecule has 0 amide bonds. The van der Waals surface area contributed by atoms with Crippen molar-refractivity contribution in [3.05, 3.63) is 42.0 Å². The van der Waals surface area contributed by atoms with Crippen molar-refractivity contribution in [2.45, 2.75) is 25.3 Å². The van der Waals surface area contributed by atoms with Gasteiger partial charge in [0, 0.05) is 36.6 Å². The average molecular weight is 214 g/mol. The van der Waals surface area contributed by atoms with Crippen LogP contribution in [0.15, 0.2) is 30.7 Å². The predicted molar refractivity (Wildman–Crippen MR) is 61.2 cm³/mol. The minimum absolute atomic E-state index is 0.488. The molecule has 0 spiro atoms. The Kier molecular flexibility index (Phi) is 2.22. The van der Waals surface area contributed by atoms with Crippen LogP contribution in [0.1, 0.15) is 30.0 Å². The van der Waals surface area contributed by atoms with Crippen LogP contribution in [0.25, 0.3) is 5.69 Å². The first-order chi connectivity index (χ1) is 7.88. The van der Waals surface area contributed by atoms with Crippen molar-refractivity contribution < 1.29 is 0 Å². The zero-order valence-corrected chi connectivity index (χ0v) is 9.00. The number of aromatic nitrogens is 3. The summed E-state index contributed by atoms with van der Waals surface area (Å²) < 4.78 is 1.90. The van der Waals surface area contributed by atoms with Gasteiger partial charge in [-0.1, -0.05) is 0 Å². The molecule has 3 rings (SSSR count). The number of nitrogens with zero attached hydrogens (tertiary/aromatic N) is 3. The zero-order chi connectivity index (χ0) is 11.0. The molecule has 1 aliphatic rings. The Morgan fingerprint density at radius 3 is 3.00 bits per heavy atom. The number of rotatable bonds is 3. The van der Waals surface area contributed by atoms with Gasteiger partial charge in [-0.15, -0.1) is 0 Å². The molecule has 2 aromatic rings. The monoisotopic (exact) mass is 214 g/mol. The summed E-state index contributed by atoms with van der Waals surface area (Å²) in [5.41, 5.74) is 8.93. The third kappa shape index (κ3) is 1.61. The van der Waals surface area contributed by atoms with Gasteiger partial charge in [-0.3, -0.25) is 4.98 Å². The van der Waals surface area contributed by atoms with Gasteiger partial charge in [0.2, 0.25) is 0 Å². The van der Waals surface area contributed by atoms with Gasteiger partial charge >= 0.3 is 0 Å². The fraction of sp³-hybridized carbons (Fsp3) is 0.333. The molecule has 16 heavy (non-hydrogen) atoms. The molecule has 0 unspecified atom stereocenters. The molecule has 1 aliphatic carbocycles. The lowest BCUT2D eigenvalue weighted by atomic mass is 10.2. The van der Waals surface area contributed by atoms with Crippen LogP contribution in [-0.2, 0) is 6.54 Å². The number of pyridine rings is 1. The summed E-state index contributed by atoms with van der Waals surface area (Å²) in [4.78, 5) is 4.07. The second-order valence-electron chi connectivity index (χ2n) is 4.17. The largest absolute Gasteiger partial charge is 0.326 e. The highest BCUT2D eigenvalue weighted by Crippen LogP contribution is 2.39. The van der Waals surface area contributed by atoms with Crippen molar-refractivity contribution in [3.63, 3.8) is 0 Å². The molecule has 1 fully saturated rings. The average Bonchev–Trinajstić information content (AvgIpc) is 3.07. The number of nitrogens with two attached hydrogens (primary N) is 1. The van der Waals surface area contributed by atoms with Crippen LogP contribution in [-0.4, -0.2) is 14.8 Å². The van der Waals surface area contributed by atoms with Crippen LogP contribution in [0.4, 0.5) is 0 Å². The molecule has 1 saturated carbocycles. The highest BCUT2D eigenvalue weighted by atomic mass is 15.3. The second kappa shape index (κ2) is 3.72. The Hall–Kier alpha value is -1.68. The third-order valence-electron chi connectivity index (χ3n) is 2.95. The minimum atomic E-state index is 0.488. The number of hydrogen-bond donors (Lipinski definition) is 1. The first-order valence-electron chi connectivity index (χ1n) is 5.57. The molecule has 0 aromatic carbocycles. The van der Waals surface area contributed by atoms with Crippen molar-refractivity contribution in [3.8, 4) is 5.69 Å². The Morgan fingerprint density at radius 2 is 2.25 bits per heavy atom. The standard InChI is InChI=1S/C12H14N4/c13-7-10-8-14-5-3-12(10)16-6-4-11(15-16)9-1-2-9/h3-6,8-9H,1-2,7,13H2. The van der Waals surface area contributed by atoms with Crippen molar-refractivity contribution >= 4 is 0 Å². The summed E-state index contributed by atoms with van der Waals surface area (Å²) >= 11 is 0. The zero-order valence-electron chi connectivity index (χ0n) is 9.00. The maximum atomic E-state index is 5.69. The highest BCUT2D eigenvalue weighted by molar-refractivity contribution is 5.38. The quantitative estimate of drug-likeness (QED) is 0.844. The first-order valence-corrected chi connectivity index (χ1v) is 5.57. The van der Waals surface area contributed by atoms with E-state index in [-0.39, 0.29) is 0 Å². The molecule has 0 saturated heterocycles. The van der Waals surface area contributed by atoms with E-state index < -0.39 is 0 Å². The highest BCUT2D eigenvalue weighted by Gasteiger charge is 2.25. The van der Waals surface area contributed by atoms with Gasteiger partial charge in [0.15, 0.2) is 0 Å². The molecule has 82 valence electrons. The summed E-state index contributed by atoms with van der Waals surface area (Å²) in [6.07, 6.45) is 8.12. The van der Waals surface area contributed by atoms with E-state index in [1.807, 2.05) is 16.9 Å². The van der Waals surface area contributed by atoms with Crippen molar-refractivity contribution in [1.82, 2.24) is 14.8 Å². The van der Waals surface area contributed by atoms with E-state index >= 15 is 0 Å². The molecule has 0 radical (unpaired) electrons. The van der Waals surface area contributed by atoms with E-state index in [4.69, 9.17) is 5.73 Å². The van der Waals surface area contributed by atoms with E-state index in [9.17, 15) is 0 Å². The molecule has 2 heterocycles. The van der Waals surface area contributed by atoms with E-state index in [0.717, 1.165) is 11.3 Å². The van der Waals surface area contributed by atoms with Crippen molar-refractivity contribution in [1.29, 1.82) is 0 Å². The Morgan fingerprint density at radius 1 is 1.38 bits per heavy atom. The summed E-state index contributed by atoms with van der Waals surface area (Å²) in [6.45, 7) is 0.488. The van der Waals surface area contributed by atoms with E-state index in [1.165, 1.54) is 18.5 Å². The van der Waals surface area contributed by atoms with Crippen LogP contribution < -0.4 is 5.73 Å². The van der Waals surface area contributed by atoms with Gasteiger partial charge in [-0.25, -0.2) is 4.68 Å². The van der Waals surface area contributed by atoms with Crippen LogP contribution in [0.2, 0.25) is 0 Å². The lowest BCUT2D eigenvalue weighted by Crippen LogP contribution is -2.05. The Labute approximate surface area is 94.1 Å². The molecular formula is C12H14N4. The van der Waals surface area contributed by atoms with Gasteiger partial charge in [-0.05, 0) is 25.0 Å². The molecule has 0 bridgehead atoms. The smallest absolute Gasteiger partial charge is 0.0721 e. The fourth-order valence-corrected chi connectivity index (χ4v) is 1.87. The Balaban J connectivity index is 2.00. The van der Waals surface area contributed by atoms with Gasteiger partial charge in [0.05, 0.1) is 11.4 Å². The van der Waals surface area contributed by atoms with Crippen molar-refractivity contribution in [2.24, 2.45) is 5.73 Å². The van der Waals surface area contributed by atoms with E-state index in [2.05, 4.69) is 16.1 Å². The van der Waals surface area contributed by atoms with Crippen LogP contribution in [0, 0.1) is 0 Å². The maximum absolute atomic E-state index is 5.69. The molecule has 4 heteroatoms. The predicted octanol–water partition coefficient (Wildman–Crippen LogP) is 1.60. The van der Waals surface area contributed by atoms with Crippen molar-refractivity contribution in [2.75, 3.05) is 0 Å². The van der Waals surface area contributed by atoms with Crippen LogP contribution >= 0.6 is 0 Å². The molecule has 4 nitrogen and oxygen atoms in total. The molecule has 2 N–H and O–H groups in total. The fourth-order valence-electron chi connectivity index (χ4n) is 1.87. The molecule has 0 atom stereocenters. The molecular weight excluding hydrogens is 200 g/mol. The first kappa shape index (κ1) is 9.54. The molecule has 0 aliphatic heterocycles. The minimum Gasteiger partial charge on any atom is -0.326 e. The summed E-state index contributed by atoms with van der Waals surface area (Å²) in [6, 6.07) is 4.05. The normalized spacial score (nSPS) is 15.3. The lowest BCUT2D eigenvalue weighted by Gasteiger charge is -2.06. The van der Waals surface area contributed by atoms with Gasteiger partial charge in [0.25, 0.3) is 0 Å². The maximum Gasteiger partial charge on any atom is 0.0721 e. The molecule has 2 aromatic heterocycles.